The zero-order valence-corrected chi connectivity index (χ0v) is 21.7. The molecule has 2 N–H and O–H groups in total. The van der Waals surface area contributed by atoms with E-state index in [0.717, 1.165) is 34.9 Å². The summed E-state index contributed by atoms with van der Waals surface area (Å²) in [5.41, 5.74) is -3.07. The Labute approximate surface area is 207 Å². The molecule has 1 fully saturated rings. The summed E-state index contributed by atoms with van der Waals surface area (Å²) in [6.45, 7) is 3.63. The Bertz CT molecular complexity index is 938. The fourth-order valence-electron chi connectivity index (χ4n) is 3.44. The molecule has 0 spiro atoms. The van der Waals surface area contributed by atoms with Crippen molar-refractivity contribution in [2.24, 2.45) is 5.92 Å². The highest BCUT2D eigenvalue weighted by Crippen LogP contribution is 2.46. The van der Waals surface area contributed by atoms with E-state index in [4.69, 9.17) is 28.2 Å². The number of carbonyl (C=O) groups excluding carboxylic acids is 1. The van der Waals surface area contributed by atoms with E-state index in [1.165, 1.54) is 13.3 Å². The largest absolute Gasteiger partial charge is 0.509 e. The molecule has 0 aromatic carbocycles. The molecule has 0 amide bonds. The monoisotopic (exact) mass is 540 g/mol. The number of rotatable bonds is 15. The summed E-state index contributed by atoms with van der Waals surface area (Å²) < 4.78 is 46.0. The van der Waals surface area contributed by atoms with Gasteiger partial charge in [0.25, 0.3) is 5.56 Å². The van der Waals surface area contributed by atoms with E-state index in [1.807, 2.05) is 13.8 Å². The first-order valence-electron chi connectivity index (χ1n) is 11.1. The Morgan fingerprint density at radius 1 is 1.34 bits per heavy atom. The zero-order valence-electron chi connectivity index (χ0n) is 19.9. The Kier molecular flexibility index (Phi) is 12.5. The average molecular weight is 541 g/mol. The van der Waals surface area contributed by atoms with E-state index in [1.54, 1.807) is 0 Å². The second-order valence-electron chi connectivity index (χ2n) is 7.64. The van der Waals surface area contributed by atoms with Crippen LogP contribution in [0.1, 0.15) is 26.7 Å². The summed E-state index contributed by atoms with van der Waals surface area (Å²) >= 11 is 0.719. The van der Waals surface area contributed by atoms with Crippen LogP contribution >= 0.6 is 18.6 Å². The summed E-state index contributed by atoms with van der Waals surface area (Å²) in [6.07, 6.45) is -0.139. The summed E-state index contributed by atoms with van der Waals surface area (Å²) in [6, 6.07) is 1.12. The Hall–Kier alpha value is -1.67. The van der Waals surface area contributed by atoms with Crippen molar-refractivity contribution >= 4 is 24.8 Å². The molecule has 1 aliphatic heterocycles. The fraction of sp³-hybridized carbons (Fsp3) is 0.750. The van der Waals surface area contributed by atoms with Gasteiger partial charge in [-0.15, -0.1) is 0 Å². The number of ether oxygens (including phenoxy) is 5. The Morgan fingerprint density at radius 3 is 2.71 bits per heavy atom. The molecular weight excluding hydrogens is 507 g/mol. The molecule has 35 heavy (non-hydrogen) atoms. The van der Waals surface area contributed by atoms with Crippen LogP contribution in [0.3, 0.4) is 0 Å². The number of nitrogens with zero attached hydrogens (tertiary/aromatic N) is 1. The smallest absolute Gasteiger partial charge is 0.434 e. The van der Waals surface area contributed by atoms with Gasteiger partial charge in [-0.3, -0.25) is 18.9 Å². The van der Waals surface area contributed by atoms with E-state index in [-0.39, 0.29) is 38.3 Å². The van der Waals surface area contributed by atoms with Crippen LogP contribution in [0.2, 0.25) is 0 Å². The van der Waals surface area contributed by atoms with Crippen LogP contribution in [0.15, 0.2) is 21.9 Å². The highest BCUT2D eigenvalue weighted by molar-refractivity contribution is 8.50. The molecule has 1 aromatic heterocycles. The van der Waals surface area contributed by atoms with Crippen LogP contribution in [0, 0.1) is 5.92 Å². The van der Waals surface area contributed by atoms with E-state index >= 15 is 0 Å². The van der Waals surface area contributed by atoms with Crippen molar-refractivity contribution in [3.63, 3.8) is 0 Å². The molecule has 1 saturated heterocycles. The molecule has 0 radical (unpaired) electrons. The van der Waals surface area contributed by atoms with Crippen LogP contribution in [-0.2, 0) is 38.5 Å². The quantitative estimate of drug-likeness (QED) is 0.142. The van der Waals surface area contributed by atoms with Crippen LogP contribution < -0.4 is 11.2 Å². The average Bonchev–Trinajstić information content (AvgIpc) is 3.17. The minimum Gasteiger partial charge on any atom is -0.434 e. The molecule has 0 bridgehead atoms. The maximum Gasteiger partial charge on any atom is 0.509 e. The van der Waals surface area contributed by atoms with Gasteiger partial charge in [0.05, 0.1) is 33.0 Å². The summed E-state index contributed by atoms with van der Waals surface area (Å²) in [5.74, 6) is -0.0643. The van der Waals surface area contributed by atoms with Gasteiger partial charge in [0.1, 0.15) is 18.1 Å². The number of nitrogens with one attached hydrogen (secondary N) is 1. The molecule has 13 nitrogen and oxygen atoms in total. The molecule has 1 aliphatic rings. The van der Waals surface area contributed by atoms with Crippen molar-refractivity contribution < 1.29 is 42.7 Å². The fourth-order valence-corrected chi connectivity index (χ4v) is 5.28. The van der Waals surface area contributed by atoms with Gasteiger partial charge in [0.15, 0.2) is 0 Å². The lowest BCUT2D eigenvalue weighted by Crippen LogP contribution is -2.55. The lowest BCUT2D eigenvalue weighted by Gasteiger charge is -2.35. The maximum absolute atomic E-state index is 12.7. The number of carbonyl (C=O) groups is 1. The van der Waals surface area contributed by atoms with E-state index in [9.17, 15) is 24.1 Å². The van der Waals surface area contributed by atoms with E-state index in [0.29, 0.717) is 0 Å². The standard InChI is InChI=1S/C20H33N2O11PS/c1-4-14(5-2)11-29-19(26)31-13-35-34(27)33-17-15(10-23)30-12-20(17,32-9-8-28-3)22-7-6-16(24)21-18(22)25/h6-7,14-15,17,23,34H,4-5,8-13H2,1-3H3,(H,21,24,25)/t15-,17-,20-/m1/s1. The third-order valence-electron chi connectivity index (χ3n) is 5.51. The molecule has 0 saturated carbocycles. The Morgan fingerprint density at radius 2 is 2.09 bits per heavy atom. The van der Waals surface area contributed by atoms with Crippen molar-refractivity contribution in [1.82, 2.24) is 9.55 Å². The maximum atomic E-state index is 12.7. The van der Waals surface area contributed by atoms with Gasteiger partial charge in [-0.05, 0) is 17.3 Å². The first-order valence-corrected chi connectivity index (χ1v) is 14.1. The molecule has 4 atom stereocenters. The molecule has 1 aromatic rings. The van der Waals surface area contributed by atoms with Crippen molar-refractivity contribution in [3.05, 3.63) is 33.1 Å². The number of hydrogen-bond donors (Lipinski definition) is 2. The van der Waals surface area contributed by atoms with E-state index < -0.39 is 49.2 Å². The third-order valence-corrected chi connectivity index (χ3v) is 7.77. The molecule has 200 valence electrons. The second kappa shape index (κ2) is 14.8. The number of methoxy groups -OCH3 is 1. The van der Waals surface area contributed by atoms with Crippen LogP contribution in [0.25, 0.3) is 0 Å². The van der Waals surface area contributed by atoms with Crippen molar-refractivity contribution in [2.75, 3.05) is 46.1 Å². The SMILES string of the molecule is CCC(CC)COC(=O)OCS[PH](=O)O[C@@H]1[C@@H](CO)OC[C@]1(OCCOC)n1ccc(=O)[nH]c1=O. The van der Waals surface area contributed by atoms with Gasteiger partial charge >= 0.3 is 11.8 Å². The first-order chi connectivity index (χ1) is 16.8. The van der Waals surface area contributed by atoms with Gasteiger partial charge in [-0.25, -0.2) is 9.59 Å². The molecule has 0 aliphatic carbocycles. The lowest BCUT2D eigenvalue weighted by atomic mass is 10.1. The molecule has 15 heteroatoms. The molecule has 1 unspecified atom stereocenters. The lowest BCUT2D eigenvalue weighted by molar-refractivity contribution is -0.160. The van der Waals surface area contributed by atoms with Crippen molar-refractivity contribution in [1.29, 1.82) is 0 Å². The number of hydrogen-bond acceptors (Lipinski definition) is 12. The van der Waals surface area contributed by atoms with E-state index in [2.05, 4.69) is 4.98 Å². The minimum atomic E-state index is -2.93. The van der Waals surface area contributed by atoms with Crippen LogP contribution in [-0.4, -0.2) is 79.1 Å². The van der Waals surface area contributed by atoms with Gasteiger partial charge in [-0.1, -0.05) is 26.7 Å². The summed E-state index contributed by atoms with van der Waals surface area (Å²) in [4.78, 5) is 38.0. The van der Waals surface area contributed by atoms with Gasteiger partial charge < -0.3 is 33.3 Å². The molecule has 2 heterocycles. The Balaban J connectivity index is 2.10. The zero-order chi connectivity index (χ0) is 25.8. The summed E-state index contributed by atoms with van der Waals surface area (Å²) in [7, 11) is -1.47. The number of aliphatic hydroxyl groups excluding tert-OH is 1. The van der Waals surface area contributed by atoms with Gasteiger partial charge in [0, 0.05) is 19.4 Å². The summed E-state index contributed by atoms with van der Waals surface area (Å²) in [5, 5.41) is 9.79. The van der Waals surface area contributed by atoms with Crippen LogP contribution in [0.5, 0.6) is 0 Å². The minimum absolute atomic E-state index is 0.00295. The topological polar surface area (TPSA) is 165 Å². The molecular formula is C20H33N2O11PS. The van der Waals surface area contributed by atoms with Crippen LogP contribution in [0.4, 0.5) is 4.79 Å². The highest BCUT2D eigenvalue weighted by atomic mass is 32.7. The predicted molar refractivity (Wildman–Crippen MR) is 127 cm³/mol. The van der Waals surface area contributed by atoms with Gasteiger partial charge in [0.2, 0.25) is 13.0 Å². The number of aromatic amines is 1. The normalized spacial score (nSPS) is 22.9. The second-order valence-corrected chi connectivity index (χ2v) is 10.8. The number of aliphatic hydroxyl groups is 1. The number of H-pyrrole nitrogens is 1. The predicted octanol–water partition coefficient (Wildman–Crippen LogP) is 1.30. The first kappa shape index (κ1) is 29.6. The highest BCUT2D eigenvalue weighted by Gasteiger charge is 2.55. The third kappa shape index (κ3) is 8.17. The van der Waals surface area contributed by atoms with Crippen molar-refractivity contribution in [2.45, 2.75) is 44.6 Å². The molecule has 2 rings (SSSR count). The number of aromatic nitrogens is 2. The van der Waals surface area contributed by atoms with Crippen molar-refractivity contribution in [3.8, 4) is 0 Å². The van der Waals surface area contributed by atoms with Gasteiger partial charge in [-0.2, -0.15) is 0 Å².